The third kappa shape index (κ3) is 6.47. The standard InChI is InChI=1S/C17H29N3O4/c21-15(18-12-17(23)24)13-19-8-10-20(11-9-19)16(22)7-6-14-4-2-1-3-5-14/h14H,1-13H2,(H,18,21)(H,23,24). The lowest BCUT2D eigenvalue weighted by atomic mass is 9.86. The minimum absolute atomic E-state index is 0.192. The summed E-state index contributed by atoms with van der Waals surface area (Å²) in [6.07, 6.45) is 8.15. The first-order chi connectivity index (χ1) is 11.5. The molecule has 0 unspecified atom stereocenters. The van der Waals surface area contributed by atoms with Crippen molar-refractivity contribution in [3.63, 3.8) is 0 Å². The molecule has 1 aliphatic heterocycles. The number of hydrogen-bond donors (Lipinski definition) is 2. The molecule has 1 aliphatic carbocycles. The van der Waals surface area contributed by atoms with Crippen molar-refractivity contribution in [2.24, 2.45) is 5.92 Å². The summed E-state index contributed by atoms with van der Waals surface area (Å²) in [5.74, 6) is -0.372. The average Bonchev–Trinajstić information content (AvgIpc) is 2.59. The van der Waals surface area contributed by atoms with Gasteiger partial charge in [-0.15, -0.1) is 0 Å². The maximum atomic E-state index is 12.3. The monoisotopic (exact) mass is 339 g/mol. The maximum Gasteiger partial charge on any atom is 0.322 e. The van der Waals surface area contributed by atoms with E-state index in [9.17, 15) is 14.4 Å². The van der Waals surface area contributed by atoms with Crippen molar-refractivity contribution in [2.45, 2.75) is 44.9 Å². The van der Waals surface area contributed by atoms with Crippen molar-refractivity contribution in [1.29, 1.82) is 0 Å². The molecule has 0 spiro atoms. The molecule has 0 aromatic rings. The van der Waals surface area contributed by atoms with Crippen LogP contribution in [0, 0.1) is 5.92 Å². The second-order valence-electron chi connectivity index (χ2n) is 6.87. The zero-order valence-electron chi connectivity index (χ0n) is 14.3. The van der Waals surface area contributed by atoms with Gasteiger partial charge in [0.25, 0.3) is 0 Å². The van der Waals surface area contributed by atoms with E-state index in [0.29, 0.717) is 32.6 Å². The first-order valence-electron chi connectivity index (χ1n) is 9.03. The molecule has 7 heteroatoms. The highest BCUT2D eigenvalue weighted by molar-refractivity contribution is 5.82. The SMILES string of the molecule is O=C(O)CNC(=O)CN1CCN(C(=O)CCC2CCCCC2)CC1. The molecule has 2 aliphatic rings. The molecule has 0 bridgehead atoms. The Kier molecular flexibility index (Phi) is 7.49. The number of rotatable bonds is 7. The number of nitrogens with zero attached hydrogens (tertiary/aromatic N) is 2. The van der Waals surface area contributed by atoms with Crippen LogP contribution in [0.4, 0.5) is 0 Å². The van der Waals surface area contributed by atoms with Gasteiger partial charge in [0, 0.05) is 32.6 Å². The maximum absolute atomic E-state index is 12.3. The normalized spacial score (nSPS) is 19.9. The first-order valence-corrected chi connectivity index (χ1v) is 9.03. The number of carboxylic acid groups (broad SMARTS) is 1. The Morgan fingerprint density at radius 1 is 1.00 bits per heavy atom. The molecule has 1 heterocycles. The molecule has 1 saturated carbocycles. The van der Waals surface area contributed by atoms with Crippen molar-refractivity contribution in [2.75, 3.05) is 39.3 Å². The topological polar surface area (TPSA) is 89.9 Å². The number of carbonyl (C=O) groups is 3. The Morgan fingerprint density at radius 3 is 2.29 bits per heavy atom. The van der Waals surface area contributed by atoms with Crippen LogP contribution in [0.1, 0.15) is 44.9 Å². The highest BCUT2D eigenvalue weighted by Gasteiger charge is 2.23. The Bertz CT molecular complexity index is 441. The van der Waals surface area contributed by atoms with E-state index < -0.39 is 5.97 Å². The Balaban J connectivity index is 1.61. The van der Waals surface area contributed by atoms with Gasteiger partial charge in [0.2, 0.25) is 11.8 Å². The summed E-state index contributed by atoms with van der Waals surface area (Å²) in [5.41, 5.74) is 0. The fraction of sp³-hybridized carbons (Fsp3) is 0.824. The summed E-state index contributed by atoms with van der Waals surface area (Å²) < 4.78 is 0. The number of carboxylic acids is 1. The van der Waals surface area contributed by atoms with Crippen LogP contribution in [-0.2, 0) is 14.4 Å². The minimum atomic E-state index is -1.04. The number of amides is 2. The molecule has 0 radical (unpaired) electrons. The van der Waals surface area contributed by atoms with Gasteiger partial charge < -0.3 is 15.3 Å². The molecule has 2 fully saturated rings. The Labute approximate surface area is 143 Å². The smallest absolute Gasteiger partial charge is 0.322 e. The molecule has 2 rings (SSSR count). The largest absolute Gasteiger partial charge is 0.480 e. The summed E-state index contributed by atoms with van der Waals surface area (Å²) in [6, 6.07) is 0. The molecular weight excluding hydrogens is 310 g/mol. The van der Waals surface area contributed by atoms with E-state index in [0.717, 1.165) is 12.3 Å². The zero-order valence-corrected chi connectivity index (χ0v) is 14.3. The number of piperazine rings is 1. The summed E-state index contributed by atoms with van der Waals surface area (Å²) in [6.45, 7) is 2.46. The fourth-order valence-corrected chi connectivity index (χ4v) is 3.55. The highest BCUT2D eigenvalue weighted by Crippen LogP contribution is 2.27. The van der Waals surface area contributed by atoms with E-state index in [1.807, 2.05) is 9.80 Å². The molecule has 2 N–H and O–H groups in total. The van der Waals surface area contributed by atoms with Crippen LogP contribution in [0.2, 0.25) is 0 Å². The van der Waals surface area contributed by atoms with Crippen molar-refractivity contribution in [3.8, 4) is 0 Å². The predicted molar refractivity (Wildman–Crippen MR) is 89.5 cm³/mol. The van der Waals surface area contributed by atoms with Crippen molar-refractivity contribution in [1.82, 2.24) is 15.1 Å². The van der Waals surface area contributed by atoms with E-state index in [-0.39, 0.29) is 24.9 Å². The second-order valence-corrected chi connectivity index (χ2v) is 6.87. The molecule has 24 heavy (non-hydrogen) atoms. The molecule has 1 saturated heterocycles. The molecule has 7 nitrogen and oxygen atoms in total. The average molecular weight is 339 g/mol. The van der Waals surface area contributed by atoms with Gasteiger partial charge in [0.15, 0.2) is 0 Å². The fourth-order valence-electron chi connectivity index (χ4n) is 3.55. The van der Waals surface area contributed by atoms with E-state index in [4.69, 9.17) is 5.11 Å². The zero-order chi connectivity index (χ0) is 17.4. The van der Waals surface area contributed by atoms with Crippen LogP contribution >= 0.6 is 0 Å². The van der Waals surface area contributed by atoms with Gasteiger partial charge in [-0.05, 0) is 12.3 Å². The summed E-state index contributed by atoms with van der Waals surface area (Å²) >= 11 is 0. The van der Waals surface area contributed by atoms with Crippen molar-refractivity contribution in [3.05, 3.63) is 0 Å². The van der Waals surface area contributed by atoms with Gasteiger partial charge in [-0.2, -0.15) is 0 Å². The van der Waals surface area contributed by atoms with Crippen LogP contribution in [0.5, 0.6) is 0 Å². The highest BCUT2D eigenvalue weighted by atomic mass is 16.4. The number of carbonyl (C=O) groups excluding carboxylic acids is 2. The van der Waals surface area contributed by atoms with E-state index >= 15 is 0 Å². The summed E-state index contributed by atoms with van der Waals surface area (Å²) in [7, 11) is 0. The van der Waals surface area contributed by atoms with Crippen LogP contribution in [0.25, 0.3) is 0 Å². The molecule has 0 atom stereocenters. The van der Waals surface area contributed by atoms with Gasteiger partial charge in [-0.3, -0.25) is 19.3 Å². The molecule has 136 valence electrons. The molecule has 2 amide bonds. The lowest BCUT2D eigenvalue weighted by Crippen LogP contribution is -2.51. The van der Waals surface area contributed by atoms with Crippen LogP contribution in [-0.4, -0.2) is 72.0 Å². The van der Waals surface area contributed by atoms with E-state index in [1.54, 1.807) is 0 Å². The van der Waals surface area contributed by atoms with Crippen LogP contribution < -0.4 is 5.32 Å². The minimum Gasteiger partial charge on any atom is -0.480 e. The Morgan fingerprint density at radius 2 is 1.67 bits per heavy atom. The van der Waals surface area contributed by atoms with Crippen molar-refractivity contribution >= 4 is 17.8 Å². The molecular formula is C17H29N3O4. The number of hydrogen-bond acceptors (Lipinski definition) is 4. The van der Waals surface area contributed by atoms with Gasteiger partial charge in [0.05, 0.1) is 6.54 Å². The van der Waals surface area contributed by atoms with Crippen LogP contribution in [0.3, 0.4) is 0 Å². The third-order valence-corrected chi connectivity index (χ3v) is 5.02. The predicted octanol–water partition coefficient (Wildman–Crippen LogP) is 0.692. The third-order valence-electron chi connectivity index (χ3n) is 5.02. The van der Waals surface area contributed by atoms with Gasteiger partial charge in [0.1, 0.15) is 6.54 Å². The number of nitrogens with one attached hydrogen (secondary N) is 1. The van der Waals surface area contributed by atoms with Gasteiger partial charge >= 0.3 is 5.97 Å². The Hall–Kier alpha value is -1.63. The lowest BCUT2D eigenvalue weighted by Gasteiger charge is -2.34. The second kappa shape index (κ2) is 9.61. The summed E-state index contributed by atoms with van der Waals surface area (Å²) in [4.78, 5) is 38.2. The molecule has 0 aromatic heterocycles. The van der Waals surface area contributed by atoms with E-state index in [2.05, 4.69) is 5.32 Å². The molecule has 0 aromatic carbocycles. The summed E-state index contributed by atoms with van der Waals surface area (Å²) in [5, 5.41) is 10.9. The van der Waals surface area contributed by atoms with Crippen molar-refractivity contribution < 1.29 is 19.5 Å². The number of aliphatic carboxylic acids is 1. The quantitative estimate of drug-likeness (QED) is 0.712. The van der Waals surface area contributed by atoms with Gasteiger partial charge in [-0.1, -0.05) is 32.1 Å². The van der Waals surface area contributed by atoms with Crippen LogP contribution in [0.15, 0.2) is 0 Å². The van der Waals surface area contributed by atoms with Gasteiger partial charge in [-0.25, -0.2) is 0 Å². The first kappa shape index (κ1) is 18.7. The lowest BCUT2D eigenvalue weighted by molar-refractivity contribution is -0.138. The van der Waals surface area contributed by atoms with E-state index in [1.165, 1.54) is 32.1 Å².